The molecule has 1 amide bonds. The predicted molar refractivity (Wildman–Crippen MR) is 114 cm³/mol. The van der Waals surface area contributed by atoms with Crippen molar-refractivity contribution in [2.75, 3.05) is 12.3 Å². The smallest absolute Gasteiger partial charge is 0.343 e. The second kappa shape index (κ2) is 8.69. The first-order valence-electron chi connectivity index (χ1n) is 9.80. The number of nitrogens with one attached hydrogen (secondary N) is 2. The zero-order valence-corrected chi connectivity index (χ0v) is 17.0. The van der Waals surface area contributed by atoms with E-state index in [-0.39, 0.29) is 22.8 Å². The number of benzene rings is 2. The largest absolute Gasteiger partial charge is 0.354 e. The Hall–Kier alpha value is -2.80. The van der Waals surface area contributed by atoms with E-state index in [0.717, 1.165) is 24.8 Å². The van der Waals surface area contributed by atoms with Crippen LogP contribution in [0.15, 0.2) is 70.6 Å². The predicted octanol–water partition coefficient (Wildman–Crippen LogP) is 2.75. The maximum atomic E-state index is 12.4. The number of aromatic amines is 1. The van der Waals surface area contributed by atoms with E-state index < -0.39 is 0 Å². The highest BCUT2D eigenvalue weighted by atomic mass is 32.2. The van der Waals surface area contributed by atoms with Crippen molar-refractivity contribution in [3.8, 4) is 0 Å². The van der Waals surface area contributed by atoms with Crippen LogP contribution in [0.25, 0.3) is 0 Å². The Morgan fingerprint density at radius 3 is 2.48 bits per heavy atom. The van der Waals surface area contributed by atoms with Crippen LogP contribution in [0.1, 0.15) is 24.0 Å². The Kier molecular flexibility index (Phi) is 5.85. The van der Waals surface area contributed by atoms with Crippen molar-refractivity contribution < 1.29 is 4.79 Å². The molecule has 1 aliphatic carbocycles. The van der Waals surface area contributed by atoms with Gasteiger partial charge in [0, 0.05) is 18.5 Å². The maximum Gasteiger partial charge on any atom is 0.343 e. The van der Waals surface area contributed by atoms with Crippen LogP contribution in [0, 0.1) is 0 Å². The summed E-state index contributed by atoms with van der Waals surface area (Å²) in [5.74, 6) is 0.197. The number of hydrogen-bond acceptors (Lipinski definition) is 4. The molecule has 150 valence electrons. The fraction of sp³-hybridized carbons (Fsp3) is 0.318. The fourth-order valence-electron chi connectivity index (χ4n) is 3.46. The first-order valence-corrected chi connectivity index (χ1v) is 10.8. The number of H-pyrrole nitrogens is 1. The van der Waals surface area contributed by atoms with E-state index in [1.807, 2.05) is 48.5 Å². The highest BCUT2D eigenvalue weighted by Crippen LogP contribution is 2.47. The molecular weight excluding hydrogens is 384 g/mol. The third-order valence-corrected chi connectivity index (χ3v) is 6.36. The summed E-state index contributed by atoms with van der Waals surface area (Å²) in [5, 5.41) is 10.2. The Labute approximate surface area is 173 Å². The summed E-state index contributed by atoms with van der Waals surface area (Å²) in [5.41, 5.74) is 2.29. The van der Waals surface area contributed by atoms with Crippen molar-refractivity contribution in [2.24, 2.45) is 0 Å². The third kappa shape index (κ3) is 4.79. The van der Waals surface area contributed by atoms with Gasteiger partial charge in [-0.1, -0.05) is 72.4 Å². The standard InChI is InChI=1S/C22H24N4O2S/c27-19(23-16-22(12-13-22)18-9-5-2-6-10-18)15-29-21-25-24-20(28)26(21)14-11-17-7-3-1-4-8-17/h1-10H,11-16H2,(H,23,27)(H,24,28). The van der Waals surface area contributed by atoms with E-state index in [2.05, 4.69) is 27.6 Å². The summed E-state index contributed by atoms with van der Waals surface area (Å²) >= 11 is 1.29. The molecule has 1 saturated carbocycles. The van der Waals surface area contributed by atoms with Gasteiger partial charge in [-0.2, -0.15) is 0 Å². The van der Waals surface area contributed by atoms with Crippen molar-refractivity contribution in [2.45, 2.75) is 36.4 Å². The zero-order chi connectivity index (χ0) is 20.1. The summed E-state index contributed by atoms with van der Waals surface area (Å²) in [7, 11) is 0. The van der Waals surface area contributed by atoms with Crippen molar-refractivity contribution in [1.29, 1.82) is 0 Å². The van der Waals surface area contributed by atoms with Crippen molar-refractivity contribution in [3.05, 3.63) is 82.3 Å². The van der Waals surface area contributed by atoms with Gasteiger partial charge in [0.25, 0.3) is 0 Å². The second-order valence-electron chi connectivity index (χ2n) is 7.41. The first-order chi connectivity index (χ1) is 14.2. The first kappa shape index (κ1) is 19.5. The summed E-state index contributed by atoms with van der Waals surface area (Å²) in [6, 6.07) is 20.3. The lowest BCUT2D eigenvalue weighted by Crippen LogP contribution is -2.33. The van der Waals surface area contributed by atoms with Gasteiger partial charge in [0.1, 0.15) is 0 Å². The number of carbonyl (C=O) groups excluding carboxylic acids is 1. The molecule has 1 aromatic heterocycles. The highest BCUT2D eigenvalue weighted by molar-refractivity contribution is 7.99. The van der Waals surface area contributed by atoms with Crippen LogP contribution < -0.4 is 11.0 Å². The Morgan fingerprint density at radius 1 is 1.10 bits per heavy atom. The molecule has 6 nitrogen and oxygen atoms in total. The monoisotopic (exact) mass is 408 g/mol. The molecule has 1 fully saturated rings. The lowest BCUT2D eigenvalue weighted by atomic mass is 9.96. The van der Waals surface area contributed by atoms with Crippen LogP contribution in [0.3, 0.4) is 0 Å². The number of aromatic nitrogens is 3. The third-order valence-electron chi connectivity index (χ3n) is 5.39. The minimum Gasteiger partial charge on any atom is -0.354 e. The molecule has 1 heterocycles. The normalized spacial score (nSPS) is 14.5. The van der Waals surface area contributed by atoms with Crippen molar-refractivity contribution in [3.63, 3.8) is 0 Å². The molecule has 1 aliphatic rings. The van der Waals surface area contributed by atoms with E-state index >= 15 is 0 Å². The molecule has 3 aromatic rings. The summed E-state index contributed by atoms with van der Waals surface area (Å²) in [6.07, 6.45) is 2.94. The van der Waals surface area contributed by atoms with Gasteiger partial charge in [-0.25, -0.2) is 9.89 Å². The van der Waals surface area contributed by atoms with Crippen LogP contribution in [-0.2, 0) is 23.2 Å². The number of hydrogen-bond donors (Lipinski definition) is 2. The lowest BCUT2D eigenvalue weighted by Gasteiger charge is -2.16. The maximum absolute atomic E-state index is 12.4. The SMILES string of the molecule is O=C(CSc1n[nH]c(=O)n1CCc1ccccc1)NCC1(c2ccccc2)CC1. The molecule has 4 rings (SSSR count). The van der Waals surface area contributed by atoms with Gasteiger partial charge in [0.2, 0.25) is 5.91 Å². The second-order valence-corrected chi connectivity index (χ2v) is 8.35. The van der Waals surface area contributed by atoms with E-state index in [1.165, 1.54) is 17.3 Å². The van der Waals surface area contributed by atoms with Gasteiger partial charge in [-0.05, 0) is 30.4 Å². The summed E-state index contributed by atoms with van der Waals surface area (Å²) in [6.45, 7) is 1.18. The molecule has 0 spiro atoms. The minimum atomic E-state index is -0.246. The Balaban J connectivity index is 1.29. The fourth-order valence-corrected chi connectivity index (χ4v) is 4.26. The molecule has 0 saturated heterocycles. The van der Waals surface area contributed by atoms with E-state index in [1.54, 1.807) is 4.57 Å². The summed E-state index contributed by atoms with van der Waals surface area (Å²) < 4.78 is 1.59. The topological polar surface area (TPSA) is 79.8 Å². The van der Waals surface area contributed by atoms with Gasteiger partial charge < -0.3 is 5.32 Å². The van der Waals surface area contributed by atoms with Gasteiger partial charge in [-0.15, -0.1) is 5.10 Å². The summed E-state index contributed by atoms with van der Waals surface area (Å²) in [4.78, 5) is 24.4. The number of aryl methyl sites for hydroxylation is 1. The van der Waals surface area contributed by atoms with E-state index in [4.69, 9.17) is 0 Å². The van der Waals surface area contributed by atoms with Crippen LogP contribution >= 0.6 is 11.8 Å². The van der Waals surface area contributed by atoms with E-state index in [9.17, 15) is 9.59 Å². The van der Waals surface area contributed by atoms with E-state index in [0.29, 0.717) is 18.2 Å². The molecule has 7 heteroatoms. The highest BCUT2D eigenvalue weighted by Gasteiger charge is 2.44. The lowest BCUT2D eigenvalue weighted by molar-refractivity contribution is -0.118. The zero-order valence-electron chi connectivity index (χ0n) is 16.1. The number of rotatable bonds is 9. The number of amides is 1. The van der Waals surface area contributed by atoms with Crippen LogP contribution in [0.4, 0.5) is 0 Å². The number of carbonyl (C=O) groups is 1. The Bertz CT molecular complexity index is 1010. The quantitative estimate of drug-likeness (QED) is 0.534. The average Bonchev–Trinajstić information content (AvgIpc) is 3.48. The van der Waals surface area contributed by atoms with Crippen LogP contribution in [0.2, 0.25) is 0 Å². The Morgan fingerprint density at radius 2 is 1.79 bits per heavy atom. The molecule has 2 N–H and O–H groups in total. The molecule has 2 aromatic carbocycles. The molecule has 0 atom stereocenters. The van der Waals surface area contributed by atoms with Gasteiger partial charge in [0.15, 0.2) is 5.16 Å². The van der Waals surface area contributed by atoms with Crippen LogP contribution in [-0.4, -0.2) is 33.0 Å². The van der Waals surface area contributed by atoms with Gasteiger partial charge >= 0.3 is 5.69 Å². The van der Waals surface area contributed by atoms with Gasteiger partial charge in [-0.3, -0.25) is 9.36 Å². The molecule has 0 unspecified atom stereocenters. The van der Waals surface area contributed by atoms with Gasteiger partial charge in [0.05, 0.1) is 5.75 Å². The molecule has 29 heavy (non-hydrogen) atoms. The molecule has 0 radical (unpaired) electrons. The molecule has 0 aliphatic heterocycles. The van der Waals surface area contributed by atoms with Crippen LogP contribution in [0.5, 0.6) is 0 Å². The van der Waals surface area contributed by atoms with Crippen molar-refractivity contribution in [1.82, 2.24) is 20.1 Å². The number of thioether (sulfide) groups is 1. The average molecular weight is 409 g/mol. The minimum absolute atomic E-state index is 0.0396. The number of nitrogens with zero attached hydrogens (tertiary/aromatic N) is 2. The molecular formula is C22H24N4O2S. The van der Waals surface area contributed by atoms with Crippen molar-refractivity contribution >= 4 is 17.7 Å². The molecule has 0 bridgehead atoms.